The predicted octanol–water partition coefficient (Wildman–Crippen LogP) is 17.5. The van der Waals surface area contributed by atoms with E-state index in [1.165, 1.54) is 65.7 Å². The van der Waals surface area contributed by atoms with Crippen LogP contribution in [0.1, 0.15) is 37.0 Å². The molecule has 312 valence electrons. The lowest BCUT2D eigenvalue weighted by atomic mass is 9.82. The predicted molar refractivity (Wildman–Crippen MR) is 277 cm³/mol. The Hall–Kier alpha value is -8.14. The van der Waals surface area contributed by atoms with Gasteiger partial charge in [0.1, 0.15) is 22.3 Å². The van der Waals surface area contributed by atoms with E-state index in [0.717, 1.165) is 72.8 Å². The maximum Gasteiger partial charge on any atom is 0.143 e. The molecule has 2 aliphatic rings. The van der Waals surface area contributed by atoms with Crippen LogP contribution in [-0.4, -0.2) is 6.04 Å². The number of nitrogens with zero attached hydrogens (tertiary/aromatic N) is 1. The Morgan fingerprint density at radius 3 is 1.97 bits per heavy atom. The van der Waals surface area contributed by atoms with Crippen LogP contribution in [0.25, 0.3) is 104 Å². The van der Waals surface area contributed by atoms with E-state index in [1.807, 2.05) is 6.07 Å². The van der Waals surface area contributed by atoms with Crippen molar-refractivity contribution in [2.45, 2.75) is 31.7 Å². The van der Waals surface area contributed by atoms with Gasteiger partial charge in [0.2, 0.25) is 0 Å². The van der Waals surface area contributed by atoms with E-state index >= 15 is 0 Å². The van der Waals surface area contributed by atoms with Gasteiger partial charge in [0.25, 0.3) is 0 Å². The molecule has 12 aromatic rings. The van der Waals surface area contributed by atoms with E-state index in [9.17, 15) is 0 Å². The van der Waals surface area contributed by atoms with Gasteiger partial charge in [-0.05, 0) is 115 Å². The summed E-state index contributed by atoms with van der Waals surface area (Å²) in [6.07, 6.45) is 7.90. The Balaban J connectivity index is 0.994. The lowest BCUT2D eigenvalue weighted by molar-refractivity contribution is 0.659. The molecule has 0 radical (unpaired) electrons. The number of hydrogen-bond donors (Lipinski definition) is 0. The lowest BCUT2D eigenvalue weighted by Crippen LogP contribution is -2.30. The third-order valence-electron chi connectivity index (χ3n) is 14.8. The van der Waals surface area contributed by atoms with Gasteiger partial charge in [0.05, 0.1) is 17.1 Å². The molecule has 2 heterocycles. The molecule has 0 spiro atoms. The smallest absolute Gasteiger partial charge is 0.143 e. The van der Waals surface area contributed by atoms with Gasteiger partial charge in [-0.3, -0.25) is 0 Å². The molecule has 1 unspecified atom stereocenters. The molecule has 2 aromatic heterocycles. The van der Waals surface area contributed by atoms with Gasteiger partial charge in [-0.25, -0.2) is 0 Å². The van der Waals surface area contributed by atoms with Gasteiger partial charge in [-0.15, -0.1) is 0 Å². The minimum Gasteiger partial charge on any atom is -0.455 e. The third-order valence-corrected chi connectivity index (χ3v) is 14.8. The van der Waals surface area contributed by atoms with Gasteiger partial charge in [-0.2, -0.15) is 0 Å². The number of anilines is 2. The van der Waals surface area contributed by atoms with Crippen LogP contribution in [0.3, 0.4) is 0 Å². The summed E-state index contributed by atoms with van der Waals surface area (Å²) in [6.45, 7) is 4.74. The quantitative estimate of drug-likeness (QED) is 0.162. The fourth-order valence-electron chi connectivity index (χ4n) is 11.7. The maximum atomic E-state index is 7.24. The number of rotatable bonds is 5. The second-order valence-electron chi connectivity index (χ2n) is 18.7. The Bertz CT molecular complexity index is 4080. The molecule has 0 amide bonds. The molecule has 1 atom stereocenters. The molecule has 0 saturated carbocycles. The molecule has 14 rings (SSSR count). The van der Waals surface area contributed by atoms with E-state index in [1.54, 1.807) is 0 Å². The highest BCUT2D eigenvalue weighted by Gasteiger charge is 2.36. The normalized spacial score (nSPS) is 15.4. The van der Waals surface area contributed by atoms with E-state index in [0.29, 0.717) is 0 Å². The van der Waals surface area contributed by atoms with Crippen molar-refractivity contribution in [1.29, 1.82) is 0 Å². The van der Waals surface area contributed by atoms with Crippen LogP contribution >= 0.6 is 0 Å². The van der Waals surface area contributed by atoms with Gasteiger partial charge < -0.3 is 13.7 Å². The summed E-state index contributed by atoms with van der Waals surface area (Å²) in [6, 6.07) is 68.6. The highest BCUT2D eigenvalue weighted by atomic mass is 16.3. The summed E-state index contributed by atoms with van der Waals surface area (Å²) in [5.74, 6) is 0. The number of benzene rings is 10. The average Bonchev–Trinajstić information content (AvgIpc) is 4.01. The van der Waals surface area contributed by atoms with E-state index < -0.39 is 0 Å². The van der Waals surface area contributed by atoms with Crippen LogP contribution in [0.15, 0.2) is 215 Å². The monoisotopic (exact) mass is 845 g/mol. The van der Waals surface area contributed by atoms with Crippen molar-refractivity contribution in [3.63, 3.8) is 0 Å². The van der Waals surface area contributed by atoms with E-state index in [2.05, 4.69) is 219 Å². The van der Waals surface area contributed by atoms with Gasteiger partial charge in [0.15, 0.2) is 0 Å². The lowest BCUT2D eigenvalue weighted by Gasteiger charge is -2.34. The number of fused-ring (bicyclic) bond motifs is 13. The second-order valence-corrected chi connectivity index (χ2v) is 18.7. The average molecular weight is 846 g/mol. The molecular weight excluding hydrogens is 803 g/mol. The standard InChI is InChI=1S/C63H43NO2/c1-63(2)54-25-11-9-21-48(54)49-34-33-42(37-55(49)63)64(41-31-29-38(30-32-41)45-23-13-24-51-50-22-10-12-27-57(50)65-61(45)51)56-26-14-28-58-60(56)53-36-40-16-4-6-18-44(40)59(62(53)66-58)52-35-39-15-3-5-17-43(39)46-19-7-8-20-47(46)52/h3-31,33-37,41H,32H2,1-2H3. The first-order valence-electron chi connectivity index (χ1n) is 23.1. The minimum absolute atomic E-state index is 0.00785. The van der Waals surface area contributed by atoms with Crippen LogP contribution in [0.5, 0.6) is 0 Å². The molecular formula is C63H43NO2. The fraction of sp³-hybridized carbons (Fsp3) is 0.0794. The first-order valence-corrected chi connectivity index (χ1v) is 23.1. The summed E-state index contributed by atoms with van der Waals surface area (Å²) in [5.41, 5.74) is 15.7. The van der Waals surface area contributed by atoms with Crippen LogP contribution in [0, 0.1) is 0 Å². The zero-order valence-corrected chi connectivity index (χ0v) is 36.7. The molecule has 0 aliphatic heterocycles. The number of para-hydroxylation sites is 2. The van der Waals surface area contributed by atoms with Crippen molar-refractivity contribution in [2.75, 3.05) is 4.90 Å². The first-order chi connectivity index (χ1) is 32.5. The molecule has 2 aliphatic carbocycles. The molecule has 66 heavy (non-hydrogen) atoms. The topological polar surface area (TPSA) is 29.5 Å². The van der Waals surface area contributed by atoms with Crippen LogP contribution in [-0.2, 0) is 5.41 Å². The van der Waals surface area contributed by atoms with E-state index in [4.69, 9.17) is 8.83 Å². The van der Waals surface area contributed by atoms with Crippen molar-refractivity contribution in [3.05, 3.63) is 223 Å². The molecule has 0 bridgehead atoms. The van der Waals surface area contributed by atoms with Gasteiger partial charge >= 0.3 is 0 Å². The Labute approximate surface area is 382 Å². The summed E-state index contributed by atoms with van der Waals surface area (Å²) >= 11 is 0. The highest BCUT2D eigenvalue weighted by molar-refractivity contribution is 6.25. The number of furan rings is 2. The molecule has 0 N–H and O–H groups in total. The molecule has 3 nitrogen and oxygen atoms in total. The summed E-state index contributed by atoms with van der Waals surface area (Å²) in [7, 11) is 0. The Morgan fingerprint density at radius 1 is 0.470 bits per heavy atom. The fourth-order valence-corrected chi connectivity index (χ4v) is 11.7. The summed E-state index contributed by atoms with van der Waals surface area (Å²) in [5, 5.41) is 11.8. The third kappa shape index (κ3) is 5.31. The second kappa shape index (κ2) is 13.9. The van der Waals surface area contributed by atoms with Crippen molar-refractivity contribution < 1.29 is 8.83 Å². The van der Waals surface area contributed by atoms with Crippen LogP contribution in [0.2, 0.25) is 0 Å². The van der Waals surface area contributed by atoms with Crippen LogP contribution in [0.4, 0.5) is 11.4 Å². The Kier molecular flexibility index (Phi) is 7.86. The van der Waals surface area contributed by atoms with Crippen molar-refractivity contribution in [1.82, 2.24) is 0 Å². The number of allylic oxidation sites excluding steroid dienone is 2. The van der Waals surface area contributed by atoms with Gasteiger partial charge in [0, 0.05) is 38.4 Å². The van der Waals surface area contributed by atoms with Crippen molar-refractivity contribution >= 4 is 93.1 Å². The molecule has 3 heteroatoms. The van der Waals surface area contributed by atoms with Crippen LogP contribution < -0.4 is 4.90 Å². The minimum atomic E-state index is -0.154. The first kappa shape index (κ1) is 37.3. The zero-order chi connectivity index (χ0) is 43.7. The summed E-state index contributed by atoms with van der Waals surface area (Å²) in [4.78, 5) is 2.57. The molecule has 0 fully saturated rings. The molecule has 0 saturated heterocycles. The van der Waals surface area contributed by atoms with Gasteiger partial charge in [-0.1, -0.05) is 178 Å². The van der Waals surface area contributed by atoms with Crippen molar-refractivity contribution in [2.24, 2.45) is 0 Å². The highest BCUT2D eigenvalue weighted by Crippen LogP contribution is 2.52. The summed E-state index contributed by atoms with van der Waals surface area (Å²) < 4.78 is 13.8. The zero-order valence-electron chi connectivity index (χ0n) is 36.7. The van der Waals surface area contributed by atoms with Crippen molar-refractivity contribution in [3.8, 4) is 22.3 Å². The Morgan fingerprint density at radius 2 is 1.12 bits per heavy atom. The SMILES string of the molecule is CC1(C)c2ccccc2-c2ccc(N(c3cccc4oc5c(-c6cc7ccccc7c7ccccc67)c6ccccc6cc5c34)C3C=CC(c4cccc5c4oc4ccccc45)=CC3)cc21. The number of hydrogen-bond acceptors (Lipinski definition) is 3. The van der Waals surface area contributed by atoms with E-state index in [-0.39, 0.29) is 11.5 Å². The largest absolute Gasteiger partial charge is 0.455 e. The molecule has 10 aromatic carbocycles. The maximum absolute atomic E-state index is 7.24.